The molecule has 1 saturated carbocycles. The van der Waals surface area contributed by atoms with Gasteiger partial charge in [0.25, 0.3) is 0 Å². The zero-order valence-corrected chi connectivity index (χ0v) is 8.90. The number of carbonyl (C=O) groups is 2. The van der Waals surface area contributed by atoms with Crippen molar-refractivity contribution in [1.82, 2.24) is 10.6 Å². The van der Waals surface area contributed by atoms with Crippen molar-refractivity contribution in [2.45, 2.75) is 44.2 Å². The van der Waals surface area contributed by atoms with Crippen LogP contribution in [-0.2, 0) is 4.79 Å². The number of hydrogen-bond donors (Lipinski definition) is 3. The summed E-state index contributed by atoms with van der Waals surface area (Å²) in [4.78, 5) is 22.1. The smallest absolute Gasteiger partial charge is 0.405 e. The molecule has 0 saturated heterocycles. The Morgan fingerprint density at radius 1 is 1.44 bits per heavy atom. The SMILES string of the molecule is N#CC[C@@H](NC(=O)O)C(=O)NC1CCCC1. The molecule has 6 nitrogen and oxygen atoms in total. The number of carbonyl (C=O) groups excluding carboxylic acids is 1. The molecule has 0 aromatic carbocycles. The van der Waals surface area contributed by atoms with Crippen LogP contribution >= 0.6 is 0 Å². The Balaban J connectivity index is 2.46. The first-order valence-electron chi connectivity index (χ1n) is 5.30. The summed E-state index contributed by atoms with van der Waals surface area (Å²) in [7, 11) is 0. The maximum absolute atomic E-state index is 11.6. The van der Waals surface area contributed by atoms with Gasteiger partial charge < -0.3 is 15.7 Å². The Bertz CT molecular complexity index is 305. The molecule has 2 amide bonds. The molecule has 88 valence electrons. The second kappa shape index (κ2) is 5.95. The first kappa shape index (κ1) is 12.3. The van der Waals surface area contributed by atoms with Crippen LogP contribution in [0.5, 0.6) is 0 Å². The molecule has 3 N–H and O–H groups in total. The molecule has 6 heteroatoms. The summed E-state index contributed by atoms with van der Waals surface area (Å²) in [5.41, 5.74) is 0. The van der Waals surface area contributed by atoms with E-state index in [1.807, 2.05) is 5.32 Å². The molecule has 0 aliphatic heterocycles. The molecule has 1 fully saturated rings. The zero-order chi connectivity index (χ0) is 12.0. The van der Waals surface area contributed by atoms with Gasteiger partial charge in [0.05, 0.1) is 12.5 Å². The summed E-state index contributed by atoms with van der Waals surface area (Å²) in [6.07, 6.45) is 2.59. The fourth-order valence-electron chi connectivity index (χ4n) is 1.82. The predicted octanol–water partition coefficient (Wildman–Crippen LogP) is 0.595. The van der Waals surface area contributed by atoms with Crippen LogP contribution in [-0.4, -0.2) is 29.2 Å². The molecule has 0 aromatic heterocycles. The lowest BCUT2D eigenvalue weighted by atomic mass is 10.2. The van der Waals surface area contributed by atoms with Crippen molar-refractivity contribution in [1.29, 1.82) is 5.26 Å². The molecule has 0 heterocycles. The summed E-state index contributed by atoms with van der Waals surface area (Å²) < 4.78 is 0. The number of hydrogen-bond acceptors (Lipinski definition) is 3. The summed E-state index contributed by atoms with van der Waals surface area (Å²) >= 11 is 0. The highest BCUT2D eigenvalue weighted by Gasteiger charge is 2.24. The van der Waals surface area contributed by atoms with E-state index in [4.69, 9.17) is 10.4 Å². The summed E-state index contributed by atoms with van der Waals surface area (Å²) in [5, 5.41) is 21.8. The van der Waals surface area contributed by atoms with Crippen LogP contribution in [0.2, 0.25) is 0 Å². The highest BCUT2D eigenvalue weighted by Crippen LogP contribution is 2.17. The second-order valence-corrected chi connectivity index (χ2v) is 3.85. The van der Waals surface area contributed by atoms with Crippen molar-refractivity contribution >= 4 is 12.0 Å². The van der Waals surface area contributed by atoms with Crippen molar-refractivity contribution in [2.75, 3.05) is 0 Å². The van der Waals surface area contributed by atoms with Crippen LogP contribution in [0.25, 0.3) is 0 Å². The maximum atomic E-state index is 11.6. The Labute approximate surface area is 93.6 Å². The van der Waals surface area contributed by atoms with E-state index < -0.39 is 18.0 Å². The van der Waals surface area contributed by atoms with Crippen LogP contribution in [0, 0.1) is 11.3 Å². The molecule has 1 aliphatic rings. The van der Waals surface area contributed by atoms with Crippen molar-refractivity contribution in [3.63, 3.8) is 0 Å². The van der Waals surface area contributed by atoms with Crippen LogP contribution in [0.3, 0.4) is 0 Å². The molecule has 0 unspecified atom stereocenters. The molecule has 0 radical (unpaired) electrons. The quantitative estimate of drug-likeness (QED) is 0.651. The molecule has 0 bridgehead atoms. The van der Waals surface area contributed by atoms with Gasteiger partial charge in [-0.15, -0.1) is 0 Å². The predicted molar refractivity (Wildman–Crippen MR) is 55.6 cm³/mol. The normalized spacial score (nSPS) is 17.4. The minimum atomic E-state index is -1.29. The summed E-state index contributed by atoms with van der Waals surface area (Å²) in [5.74, 6) is -0.407. The number of nitriles is 1. The fraction of sp³-hybridized carbons (Fsp3) is 0.700. The minimum absolute atomic E-state index is 0.129. The third-order valence-corrected chi connectivity index (χ3v) is 2.61. The molecule has 0 spiro atoms. The fourth-order valence-corrected chi connectivity index (χ4v) is 1.82. The largest absolute Gasteiger partial charge is 0.465 e. The van der Waals surface area contributed by atoms with Crippen LogP contribution in [0.1, 0.15) is 32.1 Å². The van der Waals surface area contributed by atoms with Crippen LogP contribution in [0.15, 0.2) is 0 Å². The monoisotopic (exact) mass is 225 g/mol. The van der Waals surface area contributed by atoms with Crippen molar-refractivity contribution in [3.05, 3.63) is 0 Å². The second-order valence-electron chi connectivity index (χ2n) is 3.85. The number of nitrogens with one attached hydrogen (secondary N) is 2. The van der Waals surface area contributed by atoms with Gasteiger partial charge in [-0.05, 0) is 12.8 Å². The van der Waals surface area contributed by atoms with Gasteiger partial charge in [-0.25, -0.2) is 4.79 Å². The third-order valence-electron chi connectivity index (χ3n) is 2.61. The maximum Gasteiger partial charge on any atom is 0.405 e. The van der Waals surface area contributed by atoms with E-state index >= 15 is 0 Å². The lowest BCUT2D eigenvalue weighted by molar-refractivity contribution is -0.123. The average molecular weight is 225 g/mol. The van der Waals surface area contributed by atoms with Gasteiger partial charge in [0.15, 0.2) is 0 Å². The molecular weight excluding hydrogens is 210 g/mol. The van der Waals surface area contributed by atoms with Gasteiger partial charge in [0.2, 0.25) is 5.91 Å². The number of amides is 2. The Kier molecular flexibility index (Phi) is 4.58. The standard InChI is InChI=1S/C10H15N3O3/c11-6-5-8(13-10(15)16)9(14)12-7-3-1-2-4-7/h7-8,13H,1-5H2,(H,12,14)(H,15,16)/t8-/m1/s1. The van der Waals surface area contributed by atoms with Gasteiger partial charge in [-0.3, -0.25) is 4.79 Å². The van der Waals surface area contributed by atoms with Gasteiger partial charge in [0.1, 0.15) is 6.04 Å². The molecule has 16 heavy (non-hydrogen) atoms. The van der Waals surface area contributed by atoms with Gasteiger partial charge in [0, 0.05) is 6.04 Å². The molecular formula is C10H15N3O3. The first-order chi connectivity index (χ1) is 7.63. The topological polar surface area (TPSA) is 102 Å². The number of rotatable bonds is 4. The van der Waals surface area contributed by atoms with E-state index in [1.165, 1.54) is 0 Å². The van der Waals surface area contributed by atoms with Crippen molar-refractivity contribution in [3.8, 4) is 6.07 Å². The lowest BCUT2D eigenvalue weighted by Crippen LogP contribution is -2.48. The van der Waals surface area contributed by atoms with E-state index in [0.29, 0.717) is 0 Å². The number of carboxylic acid groups (broad SMARTS) is 1. The highest BCUT2D eigenvalue weighted by atomic mass is 16.4. The van der Waals surface area contributed by atoms with E-state index in [2.05, 4.69) is 5.32 Å². The number of nitrogens with zero attached hydrogens (tertiary/aromatic N) is 1. The molecule has 1 aliphatic carbocycles. The van der Waals surface area contributed by atoms with Gasteiger partial charge >= 0.3 is 6.09 Å². The van der Waals surface area contributed by atoms with E-state index in [9.17, 15) is 9.59 Å². The highest BCUT2D eigenvalue weighted by molar-refractivity contribution is 5.85. The molecule has 1 rings (SSSR count). The van der Waals surface area contributed by atoms with E-state index in [1.54, 1.807) is 6.07 Å². The van der Waals surface area contributed by atoms with Crippen molar-refractivity contribution < 1.29 is 14.7 Å². The van der Waals surface area contributed by atoms with Gasteiger partial charge in [-0.2, -0.15) is 5.26 Å². The zero-order valence-electron chi connectivity index (χ0n) is 8.90. The summed E-state index contributed by atoms with van der Waals surface area (Å²) in [6, 6.07) is 0.952. The van der Waals surface area contributed by atoms with Crippen LogP contribution < -0.4 is 10.6 Å². The Hall–Kier alpha value is -1.77. The van der Waals surface area contributed by atoms with E-state index in [0.717, 1.165) is 25.7 Å². The van der Waals surface area contributed by atoms with Crippen molar-refractivity contribution in [2.24, 2.45) is 0 Å². The first-order valence-corrected chi connectivity index (χ1v) is 5.30. The third kappa shape index (κ3) is 3.77. The van der Waals surface area contributed by atoms with Crippen LogP contribution in [0.4, 0.5) is 4.79 Å². The Morgan fingerprint density at radius 2 is 2.06 bits per heavy atom. The molecule has 1 atom stereocenters. The molecule has 0 aromatic rings. The minimum Gasteiger partial charge on any atom is -0.465 e. The average Bonchev–Trinajstić information content (AvgIpc) is 2.69. The summed E-state index contributed by atoms with van der Waals surface area (Å²) in [6.45, 7) is 0. The Morgan fingerprint density at radius 3 is 2.56 bits per heavy atom. The van der Waals surface area contributed by atoms with E-state index in [-0.39, 0.29) is 12.5 Å². The lowest BCUT2D eigenvalue weighted by Gasteiger charge is -2.17. The van der Waals surface area contributed by atoms with Gasteiger partial charge in [-0.1, -0.05) is 12.8 Å².